The van der Waals surface area contributed by atoms with Crippen molar-refractivity contribution in [3.8, 4) is 0 Å². The molecule has 0 unspecified atom stereocenters. The van der Waals surface area contributed by atoms with Crippen LogP contribution in [0.2, 0.25) is 0 Å². The Morgan fingerprint density at radius 2 is 1.83 bits per heavy atom. The lowest BCUT2D eigenvalue weighted by molar-refractivity contribution is 0.168. The van der Waals surface area contributed by atoms with Gasteiger partial charge in [0.25, 0.3) is 0 Å². The van der Waals surface area contributed by atoms with Gasteiger partial charge in [-0.3, -0.25) is 0 Å². The van der Waals surface area contributed by atoms with E-state index in [9.17, 15) is 17.6 Å². The predicted octanol–water partition coefficient (Wildman–Crippen LogP) is 2.03. The van der Waals surface area contributed by atoms with Gasteiger partial charge >= 0.3 is 6.03 Å². The maximum absolute atomic E-state index is 13.3. The van der Waals surface area contributed by atoms with Gasteiger partial charge in [-0.05, 0) is 31.0 Å². The van der Waals surface area contributed by atoms with Crippen molar-refractivity contribution in [3.63, 3.8) is 0 Å². The number of benzene rings is 1. The van der Waals surface area contributed by atoms with E-state index < -0.39 is 15.8 Å². The van der Waals surface area contributed by atoms with E-state index in [0.29, 0.717) is 13.1 Å². The normalized spacial score (nSPS) is 16.4. The zero-order valence-electron chi connectivity index (χ0n) is 14.0. The number of nitrogens with one attached hydrogen (secondary N) is 1. The average molecular weight is 357 g/mol. The second-order valence-corrected chi connectivity index (χ2v) is 7.75. The molecular formula is C16H24FN3O3S. The van der Waals surface area contributed by atoms with Crippen LogP contribution in [0.25, 0.3) is 0 Å². The highest BCUT2D eigenvalue weighted by atomic mass is 32.2. The van der Waals surface area contributed by atoms with E-state index in [2.05, 4.69) is 5.32 Å². The van der Waals surface area contributed by atoms with E-state index in [0.717, 1.165) is 18.9 Å². The van der Waals surface area contributed by atoms with Crippen molar-refractivity contribution in [3.05, 3.63) is 30.1 Å². The maximum Gasteiger partial charge on any atom is 0.317 e. The van der Waals surface area contributed by atoms with Crippen LogP contribution >= 0.6 is 0 Å². The number of halogens is 1. The monoisotopic (exact) mass is 357 g/mol. The van der Waals surface area contributed by atoms with Gasteiger partial charge in [0, 0.05) is 32.2 Å². The molecule has 1 N–H and O–H groups in total. The number of sulfonamides is 1. The second-order valence-electron chi connectivity index (χ2n) is 5.81. The molecule has 134 valence electrons. The van der Waals surface area contributed by atoms with Gasteiger partial charge in [-0.2, -0.15) is 4.31 Å². The summed E-state index contributed by atoms with van der Waals surface area (Å²) >= 11 is 0. The standard InChI is InChI=1S/C16H24FN3O3S/c1-3-14(4-2)18-16(21)19-8-10-20(11-9-19)24(22,23)15-7-5-6-13(17)12-15/h5-7,12,14H,3-4,8-11H2,1-2H3,(H,18,21). The van der Waals surface area contributed by atoms with Crippen molar-refractivity contribution < 1.29 is 17.6 Å². The predicted molar refractivity (Wildman–Crippen MR) is 89.6 cm³/mol. The van der Waals surface area contributed by atoms with Crippen LogP contribution in [0.5, 0.6) is 0 Å². The van der Waals surface area contributed by atoms with Crippen LogP contribution in [0.4, 0.5) is 9.18 Å². The second kappa shape index (κ2) is 7.94. The van der Waals surface area contributed by atoms with Crippen LogP contribution in [0.1, 0.15) is 26.7 Å². The molecule has 1 fully saturated rings. The van der Waals surface area contributed by atoms with Crippen molar-refractivity contribution >= 4 is 16.1 Å². The van der Waals surface area contributed by atoms with Gasteiger partial charge in [-0.15, -0.1) is 0 Å². The van der Waals surface area contributed by atoms with Gasteiger partial charge in [0.05, 0.1) is 4.90 Å². The summed E-state index contributed by atoms with van der Waals surface area (Å²) in [6.07, 6.45) is 1.71. The molecule has 2 rings (SSSR count). The van der Waals surface area contributed by atoms with Gasteiger partial charge in [-0.1, -0.05) is 19.9 Å². The van der Waals surface area contributed by atoms with Gasteiger partial charge in [0.15, 0.2) is 0 Å². The molecule has 0 aliphatic carbocycles. The SMILES string of the molecule is CCC(CC)NC(=O)N1CCN(S(=O)(=O)c2cccc(F)c2)CC1. The number of amides is 2. The van der Waals surface area contributed by atoms with Crippen molar-refractivity contribution in [1.82, 2.24) is 14.5 Å². The summed E-state index contributed by atoms with van der Waals surface area (Å²) in [4.78, 5) is 13.8. The van der Waals surface area contributed by atoms with E-state index in [1.165, 1.54) is 22.5 Å². The van der Waals surface area contributed by atoms with Gasteiger partial charge < -0.3 is 10.2 Å². The Morgan fingerprint density at radius 1 is 1.21 bits per heavy atom. The molecule has 8 heteroatoms. The Kier molecular flexibility index (Phi) is 6.17. The molecule has 1 aromatic carbocycles. The number of nitrogens with zero attached hydrogens (tertiary/aromatic N) is 2. The summed E-state index contributed by atoms with van der Waals surface area (Å²) in [7, 11) is -3.73. The third-order valence-electron chi connectivity index (χ3n) is 4.27. The minimum absolute atomic E-state index is 0.0579. The van der Waals surface area contributed by atoms with Crippen molar-refractivity contribution in [2.24, 2.45) is 0 Å². The molecule has 6 nitrogen and oxygen atoms in total. The fourth-order valence-corrected chi connectivity index (χ4v) is 4.12. The average Bonchev–Trinajstić information content (AvgIpc) is 2.59. The number of hydrogen-bond acceptors (Lipinski definition) is 3. The first kappa shape index (κ1) is 18.7. The summed E-state index contributed by atoms with van der Waals surface area (Å²) < 4.78 is 39.6. The van der Waals surface area contributed by atoms with Crippen molar-refractivity contribution in [2.75, 3.05) is 26.2 Å². The molecular weight excluding hydrogens is 333 g/mol. The highest BCUT2D eigenvalue weighted by Gasteiger charge is 2.30. The summed E-state index contributed by atoms with van der Waals surface area (Å²) in [6, 6.07) is 4.95. The molecule has 1 aliphatic heterocycles. The Morgan fingerprint density at radius 3 is 2.38 bits per heavy atom. The number of urea groups is 1. The van der Waals surface area contributed by atoms with Crippen LogP contribution in [-0.2, 0) is 10.0 Å². The number of carbonyl (C=O) groups is 1. The fraction of sp³-hybridized carbons (Fsp3) is 0.562. The van der Waals surface area contributed by atoms with Crippen LogP contribution in [-0.4, -0.2) is 55.9 Å². The summed E-state index contributed by atoms with van der Waals surface area (Å²) in [5.74, 6) is -0.584. The molecule has 1 aromatic rings. The van der Waals surface area contributed by atoms with E-state index in [1.54, 1.807) is 4.90 Å². The molecule has 0 atom stereocenters. The Hall–Kier alpha value is -1.67. The minimum Gasteiger partial charge on any atom is -0.335 e. The highest BCUT2D eigenvalue weighted by molar-refractivity contribution is 7.89. The smallest absolute Gasteiger partial charge is 0.317 e. The number of carbonyl (C=O) groups excluding carboxylic acids is 1. The Bertz CT molecular complexity index is 669. The lowest BCUT2D eigenvalue weighted by Crippen LogP contribution is -2.54. The molecule has 0 spiro atoms. The number of rotatable bonds is 5. The first-order valence-electron chi connectivity index (χ1n) is 8.19. The zero-order valence-corrected chi connectivity index (χ0v) is 14.9. The number of hydrogen-bond donors (Lipinski definition) is 1. The molecule has 0 radical (unpaired) electrons. The van der Waals surface area contributed by atoms with E-state index in [-0.39, 0.29) is 30.1 Å². The minimum atomic E-state index is -3.73. The van der Waals surface area contributed by atoms with E-state index in [4.69, 9.17) is 0 Å². The lowest BCUT2D eigenvalue weighted by Gasteiger charge is -2.34. The van der Waals surface area contributed by atoms with Gasteiger partial charge in [-0.25, -0.2) is 17.6 Å². The topological polar surface area (TPSA) is 69.7 Å². The van der Waals surface area contributed by atoms with Gasteiger partial charge in [0.2, 0.25) is 10.0 Å². The molecule has 1 saturated heterocycles. The van der Waals surface area contributed by atoms with Crippen molar-refractivity contribution in [2.45, 2.75) is 37.6 Å². The molecule has 0 saturated carbocycles. The van der Waals surface area contributed by atoms with E-state index in [1.807, 2.05) is 13.8 Å². The molecule has 1 heterocycles. The third kappa shape index (κ3) is 4.24. The summed E-state index contributed by atoms with van der Waals surface area (Å²) in [5.41, 5.74) is 0. The van der Waals surface area contributed by atoms with Crippen LogP contribution in [0.3, 0.4) is 0 Å². The van der Waals surface area contributed by atoms with Crippen LogP contribution in [0, 0.1) is 5.82 Å². The fourth-order valence-electron chi connectivity index (χ4n) is 2.67. The Balaban J connectivity index is 1.98. The molecule has 1 aliphatic rings. The molecule has 0 aromatic heterocycles. The molecule has 0 bridgehead atoms. The lowest BCUT2D eigenvalue weighted by atomic mass is 10.2. The van der Waals surface area contributed by atoms with Crippen LogP contribution < -0.4 is 5.32 Å². The zero-order chi connectivity index (χ0) is 17.7. The highest BCUT2D eigenvalue weighted by Crippen LogP contribution is 2.18. The summed E-state index contributed by atoms with van der Waals surface area (Å²) in [6.45, 7) is 5.07. The van der Waals surface area contributed by atoms with Crippen molar-refractivity contribution in [1.29, 1.82) is 0 Å². The van der Waals surface area contributed by atoms with Gasteiger partial charge in [0.1, 0.15) is 5.82 Å². The van der Waals surface area contributed by atoms with Crippen LogP contribution in [0.15, 0.2) is 29.2 Å². The largest absolute Gasteiger partial charge is 0.335 e. The first-order valence-corrected chi connectivity index (χ1v) is 9.63. The number of piperazine rings is 1. The maximum atomic E-state index is 13.3. The first-order chi connectivity index (χ1) is 11.4. The quantitative estimate of drug-likeness (QED) is 0.877. The summed E-state index contributed by atoms with van der Waals surface area (Å²) in [5, 5.41) is 2.95. The molecule has 2 amide bonds. The van der Waals surface area contributed by atoms with E-state index >= 15 is 0 Å². The Labute approximate surface area is 142 Å². The molecule has 24 heavy (non-hydrogen) atoms. The third-order valence-corrected chi connectivity index (χ3v) is 6.17.